The Morgan fingerprint density at radius 3 is 2.59 bits per heavy atom. The van der Waals surface area contributed by atoms with Crippen LogP contribution in [0.1, 0.15) is 112 Å². The van der Waals surface area contributed by atoms with Crippen LogP contribution in [0.15, 0.2) is 22.3 Å². The number of carbonyl (C=O) groups excluding carboxylic acids is 1. The molecule has 0 saturated carbocycles. The largest absolute Gasteiger partial charge is 0.506 e. The number of nitrogens with one attached hydrogen (secondary N) is 2. The van der Waals surface area contributed by atoms with Crippen LogP contribution in [0, 0.1) is 0 Å². The average molecular weight is 674 g/mol. The lowest BCUT2D eigenvalue weighted by Gasteiger charge is -2.47. The van der Waals surface area contributed by atoms with Gasteiger partial charge in [-0.25, -0.2) is 4.98 Å². The summed E-state index contributed by atoms with van der Waals surface area (Å²) in [4.78, 5) is 36.4. The number of likely N-dealkylation sites (tertiary alicyclic amines) is 1. The topological polar surface area (TPSA) is 131 Å². The van der Waals surface area contributed by atoms with E-state index in [9.17, 15) is 19.8 Å². The number of aliphatic hydroxyl groups excluding tert-OH is 1. The molecule has 0 radical (unpaired) electrons. The number of piperidine rings is 1. The number of thiazole rings is 2. The number of fused-ring (bicyclic) bond motifs is 1. The van der Waals surface area contributed by atoms with Crippen LogP contribution in [0.2, 0.25) is 0 Å². The number of ether oxygens (including phenoxy) is 1. The zero-order valence-electron chi connectivity index (χ0n) is 27.6. The first-order chi connectivity index (χ1) is 22.1. The van der Waals surface area contributed by atoms with Crippen LogP contribution in [0.3, 0.4) is 0 Å². The third-order valence-electron chi connectivity index (χ3n) is 9.51. The molecule has 4 N–H and O–H groups in total. The molecule has 1 amide bonds. The number of morpholine rings is 1. The maximum Gasteiger partial charge on any atom is 0.305 e. The number of benzene rings is 1. The zero-order valence-corrected chi connectivity index (χ0v) is 29.2. The Morgan fingerprint density at radius 2 is 1.85 bits per heavy atom. The first kappa shape index (κ1) is 35.0. The number of hydrogen-bond acceptors (Lipinski definition) is 10. The van der Waals surface area contributed by atoms with Gasteiger partial charge in [-0.3, -0.25) is 9.59 Å². The van der Waals surface area contributed by atoms with Gasteiger partial charge >= 0.3 is 4.87 Å². The molecule has 1 spiro atoms. The van der Waals surface area contributed by atoms with Crippen LogP contribution < -0.4 is 10.2 Å². The van der Waals surface area contributed by atoms with E-state index in [0.717, 1.165) is 61.7 Å². The van der Waals surface area contributed by atoms with Gasteiger partial charge in [-0.05, 0) is 45.2 Å². The molecular weight excluding hydrogens is 623 g/mol. The lowest BCUT2D eigenvalue weighted by molar-refractivity contribution is -0.127. The second-order valence-corrected chi connectivity index (χ2v) is 15.3. The first-order valence-electron chi connectivity index (χ1n) is 17.0. The highest BCUT2D eigenvalue weighted by atomic mass is 32.1. The van der Waals surface area contributed by atoms with Crippen LogP contribution >= 0.6 is 22.7 Å². The second kappa shape index (κ2) is 16.2. The second-order valence-electron chi connectivity index (χ2n) is 13.5. The summed E-state index contributed by atoms with van der Waals surface area (Å²) < 4.78 is 6.92. The Bertz CT molecular complexity index is 1480. The summed E-state index contributed by atoms with van der Waals surface area (Å²) >= 11 is 2.59. The van der Waals surface area contributed by atoms with Crippen molar-refractivity contribution < 1.29 is 19.7 Å². The van der Waals surface area contributed by atoms with Gasteiger partial charge in [0.05, 0.1) is 34.6 Å². The van der Waals surface area contributed by atoms with Crippen LogP contribution in [-0.2, 0) is 4.74 Å². The number of phenolic OH excluding ortho intramolecular Hbond substituents is 1. The summed E-state index contributed by atoms with van der Waals surface area (Å²) in [6, 6.07) is 3.50. The Kier molecular flexibility index (Phi) is 12.3. The number of unbranched alkanes of at least 4 members (excludes halogenated alkanes) is 5. The number of aromatic nitrogens is 2. The van der Waals surface area contributed by atoms with Crippen LogP contribution in [0.4, 0.5) is 0 Å². The van der Waals surface area contributed by atoms with Gasteiger partial charge in [0.1, 0.15) is 17.0 Å². The van der Waals surface area contributed by atoms with Gasteiger partial charge in [-0.2, -0.15) is 0 Å². The molecule has 2 aliphatic heterocycles. The van der Waals surface area contributed by atoms with Gasteiger partial charge in [0.2, 0.25) is 0 Å². The van der Waals surface area contributed by atoms with E-state index in [1.54, 1.807) is 17.4 Å². The fourth-order valence-electron chi connectivity index (χ4n) is 6.64. The van der Waals surface area contributed by atoms with Crippen molar-refractivity contribution in [3.63, 3.8) is 0 Å². The predicted octanol–water partition coefficient (Wildman–Crippen LogP) is 5.62. The summed E-state index contributed by atoms with van der Waals surface area (Å²) in [7, 11) is 0. The van der Waals surface area contributed by atoms with E-state index >= 15 is 0 Å². The van der Waals surface area contributed by atoms with E-state index in [0.29, 0.717) is 53.6 Å². The smallest absolute Gasteiger partial charge is 0.305 e. The Labute approximate surface area is 280 Å². The molecule has 2 atom stereocenters. The molecule has 2 aliphatic rings. The quantitative estimate of drug-likeness (QED) is 0.153. The van der Waals surface area contributed by atoms with Crippen molar-refractivity contribution in [1.29, 1.82) is 0 Å². The van der Waals surface area contributed by atoms with Crippen molar-refractivity contribution in [3.8, 4) is 5.75 Å². The van der Waals surface area contributed by atoms with Crippen molar-refractivity contribution in [2.45, 2.75) is 102 Å². The molecule has 1 aromatic carbocycles. The monoisotopic (exact) mass is 673 g/mol. The fraction of sp³-hybridized carbons (Fsp3) is 0.676. The molecule has 2 aromatic heterocycles. The van der Waals surface area contributed by atoms with Crippen molar-refractivity contribution in [1.82, 2.24) is 25.1 Å². The first-order valence-corrected chi connectivity index (χ1v) is 18.7. The summed E-state index contributed by atoms with van der Waals surface area (Å²) in [6.45, 7) is 11.9. The van der Waals surface area contributed by atoms with Crippen LogP contribution in [-0.4, -0.2) is 93.4 Å². The number of aromatic amines is 1. The lowest BCUT2D eigenvalue weighted by atomic mass is 9.89. The number of rotatable bonds is 15. The molecule has 2 fully saturated rings. The highest BCUT2D eigenvalue weighted by Gasteiger charge is 2.41. The molecule has 3 aromatic rings. The fourth-order valence-corrected chi connectivity index (χ4v) is 8.36. The molecule has 4 heterocycles. The molecule has 2 saturated heterocycles. The number of nitrogens with zero attached hydrogens (tertiary/aromatic N) is 3. The SMILES string of the molecule is CC(CCCCCCCCN1CCC2(CC1)CN(C(=O)c1csc(C(C)C)n1)CCO2)NCC(O)c1ccc(O)c2[nH]c(=O)sc12. The standard InChI is InChI=1S/C34H51N5O5S2/c1-23(2)31-36-26(21-45-31)32(42)39-18-19-44-34(22-39)13-16-38(17-14-34)15-9-7-5-4-6-8-10-24(3)35-20-28(41)25-11-12-27(40)29-30(25)46-33(43)37-29/h11-12,21,23-24,28,35,40-41H,4-10,13-20,22H2,1-3H3,(H,37,43). The van der Waals surface area contributed by atoms with Gasteiger partial charge in [0.25, 0.3) is 5.91 Å². The number of aromatic hydroxyl groups is 1. The van der Waals surface area contributed by atoms with Gasteiger partial charge < -0.3 is 35.1 Å². The summed E-state index contributed by atoms with van der Waals surface area (Å²) in [5.41, 5.74) is 1.42. The van der Waals surface area contributed by atoms with E-state index in [-0.39, 0.29) is 28.2 Å². The minimum atomic E-state index is -0.747. The highest BCUT2D eigenvalue weighted by molar-refractivity contribution is 7.16. The number of hydrogen-bond donors (Lipinski definition) is 4. The molecule has 2 unspecified atom stereocenters. The van der Waals surface area contributed by atoms with Crippen molar-refractivity contribution in [2.24, 2.45) is 0 Å². The van der Waals surface area contributed by atoms with Gasteiger partial charge in [0.15, 0.2) is 0 Å². The maximum atomic E-state index is 13.2. The van der Waals surface area contributed by atoms with E-state index < -0.39 is 6.10 Å². The number of phenols is 1. The molecule has 5 rings (SSSR count). The van der Waals surface area contributed by atoms with Gasteiger partial charge in [-0.15, -0.1) is 11.3 Å². The summed E-state index contributed by atoms with van der Waals surface area (Å²) in [6.07, 6.45) is 9.58. The maximum absolute atomic E-state index is 13.2. The zero-order chi connectivity index (χ0) is 32.7. The average Bonchev–Trinajstić information content (AvgIpc) is 3.70. The van der Waals surface area contributed by atoms with Crippen molar-refractivity contribution in [3.05, 3.63) is 43.4 Å². The summed E-state index contributed by atoms with van der Waals surface area (Å²) in [5.74, 6) is 0.405. The Hall–Kier alpha value is -2.35. The van der Waals surface area contributed by atoms with Crippen LogP contribution in [0.5, 0.6) is 5.75 Å². The number of amides is 1. The Balaban J connectivity index is 0.909. The van der Waals surface area contributed by atoms with E-state index in [1.807, 2.05) is 10.3 Å². The minimum absolute atomic E-state index is 0.0233. The molecular formula is C34H51N5O5S2. The van der Waals surface area contributed by atoms with Gasteiger partial charge in [0, 0.05) is 49.1 Å². The molecule has 12 heteroatoms. The van der Waals surface area contributed by atoms with Crippen molar-refractivity contribution in [2.75, 3.05) is 45.9 Å². The van der Waals surface area contributed by atoms with Crippen molar-refractivity contribution >= 4 is 38.8 Å². The molecule has 46 heavy (non-hydrogen) atoms. The van der Waals surface area contributed by atoms with Crippen LogP contribution in [0.25, 0.3) is 10.2 Å². The molecule has 0 aliphatic carbocycles. The molecule has 10 nitrogen and oxygen atoms in total. The Morgan fingerprint density at radius 1 is 1.11 bits per heavy atom. The number of carbonyl (C=O) groups is 1. The predicted molar refractivity (Wildman–Crippen MR) is 185 cm³/mol. The van der Waals surface area contributed by atoms with E-state index in [4.69, 9.17) is 4.74 Å². The molecule has 254 valence electrons. The minimum Gasteiger partial charge on any atom is -0.506 e. The highest BCUT2D eigenvalue weighted by Crippen LogP contribution is 2.32. The molecule has 0 bridgehead atoms. The third kappa shape index (κ3) is 8.96. The van der Waals surface area contributed by atoms with E-state index in [1.165, 1.54) is 38.2 Å². The summed E-state index contributed by atoms with van der Waals surface area (Å²) in [5, 5.41) is 27.1. The normalized spacial score (nSPS) is 18.5. The number of aliphatic hydroxyl groups is 1. The lowest BCUT2D eigenvalue weighted by Crippen LogP contribution is -2.58. The third-order valence-corrected chi connectivity index (χ3v) is 11.6. The number of H-pyrrole nitrogens is 1. The van der Waals surface area contributed by atoms with Gasteiger partial charge in [-0.1, -0.05) is 63.4 Å². The van der Waals surface area contributed by atoms with E-state index in [2.05, 4.69) is 41.0 Å².